The molecule has 1 heterocycles. The van der Waals surface area contributed by atoms with Crippen LogP contribution in [0.4, 0.5) is 16.2 Å². The first-order valence-corrected chi connectivity index (χ1v) is 7.98. The van der Waals surface area contributed by atoms with Crippen LogP contribution < -0.4 is 10.2 Å². The Kier molecular flexibility index (Phi) is 5.39. The van der Waals surface area contributed by atoms with E-state index in [9.17, 15) is 4.79 Å². The van der Waals surface area contributed by atoms with Crippen molar-refractivity contribution in [3.63, 3.8) is 0 Å². The third-order valence-electron chi connectivity index (χ3n) is 3.02. The Balaban J connectivity index is 1.86. The van der Waals surface area contributed by atoms with Crippen LogP contribution in [0.5, 0.6) is 0 Å². The molecular weight excluding hydrogens is 260 g/mol. The standard InChI is InChI=1S/C14H20N2O2S/c1-19-10-3-2-7-15-12-5-4-6-13(11-12)16-8-9-18-14(16)17/h4-6,11,15H,2-3,7-10H2,1H3. The van der Waals surface area contributed by atoms with E-state index in [1.165, 1.54) is 12.2 Å². The maximum absolute atomic E-state index is 11.5. The number of thioether (sulfide) groups is 1. The average molecular weight is 280 g/mol. The zero-order valence-corrected chi connectivity index (χ0v) is 12.0. The van der Waals surface area contributed by atoms with Gasteiger partial charge >= 0.3 is 6.09 Å². The zero-order valence-electron chi connectivity index (χ0n) is 11.2. The second-order valence-electron chi connectivity index (χ2n) is 4.44. The van der Waals surface area contributed by atoms with E-state index in [2.05, 4.69) is 11.6 Å². The Morgan fingerprint density at radius 2 is 2.32 bits per heavy atom. The van der Waals surface area contributed by atoms with Gasteiger partial charge in [-0.3, -0.25) is 4.90 Å². The van der Waals surface area contributed by atoms with Gasteiger partial charge in [0.25, 0.3) is 0 Å². The van der Waals surface area contributed by atoms with E-state index in [0.29, 0.717) is 13.2 Å². The second-order valence-corrected chi connectivity index (χ2v) is 5.43. The molecule has 19 heavy (non-hydrogen) atoms. The molecule has 0 aromatic heterocycles. The number of unbranched alkanes of at least 4 members (excludes halogenated alkanes) is 1. The van der Waals surface area contributed by atoms with Crippen LogP contribution in [-0.2, 0) is 4.74 Å². The molecule has 1 amide bonds. The van der Waals surface area contributed by atoms with Crippen LogP contribution in [-0.4, -0.2) is 37.8 Å². The molecule has 104 valence electrons. The minimum atomic E-state index is -0.253. The highest BCUT2D eigenvalue weighted by Crippen LogP contribution is 2.22. The van der Waals surface area contributed by atoms with Gasteiger partial charge in [-0.15, -0.1) is 0 Å². The zero-order chi connectivity index (χ0) is 13.5. The number of amides is 1. The molecule has 0 unspecified atom stereocenters. The lowest BCUT2D eigenvalue weighted by Gasteiger charge is -2.14. The molecule has 0 radical (unpaired) electrons. The number of hydrogen-bond acceptors (Lipinski definition) is 4. The highest BCUT2D eigenvalue weighted by atomic mass is 32.2. The number of rotatable bonds is 7. The van der Waals surface area contributed by atoms with Crippen LogP contribution in [0.1, 0.15) is 12.8 Å². The Labute approximate surface area is 118 Å². The normalized spacial score (nSPS) is 14.6. The quantitative estimate of drug-likeness (QED) is 0.779. The Hall–Kier alpha value is -1.36. The Bertz CT molecular complexity index is 426. The van der Waals surface area contributed by atoms with Crippen LogP contribution in [0.2, 0.25) is 0 Å². The van der Waals surface area contributed by atoms with Gasteiger partial charge in [0.05, 0.1) is 6.54 Å². The van der Waals surface area contributed by atoms with Gasteiger partial charge in [0.2, 0.25) is 0 Å². The van der Waals surface area contributed by atoms with Crippen molar-refractivity contribution in [2.45, 2.75) is 12.8 Å². The van der Waals surface area contributed by atoms with E-state index in [0.717, 1.165) is 24.3 Å². The van der Waals surface area contributed by atoms with Crippen molar-refractivity contribution in [3.8, 4) is 0 Å². The highest BCUT2D eigenvalue weighted by Gasteiger charge is 2.23. The molecule has 1 N–H and O–H groups in total. The van der Waals surface area contributed by atoms with Crippen LogP contribution in [0.3, 0.4) is 0 Å². The van der Waals surface area contributed by atoms with Gasteiger partial charge in [-0.25, -0.2) is 4.79 Å². The van der Waals surface area contributed by atoms with Crippen molar-refractivity contribution in [2.24, 2.45) is 0 Å². The first kappa shape index (κ1) is 14.1. The summed E-state index contributed by atoms with van der Waals surface area (Å²) in [5.74, 6) is 1.21. The molecule has 0 bridgehead atoms. The molecule has 1 aliphatic rings. The van der Waals surface area contributed by atoms with Crippen molar-refractivity contribution >= 4 is 29.2 Å². The number of ether oxygens (including phenoxy) is 1. The first-order valence-electron chi connectivity index (χ1n) is 6.58. The Morgan fingerprint density at radius 3 is 3.05 bits per heavy atom. The van der Waals surface area contributed by atoms with E-state index in [1.54, 1.807) is 4.90 Å². The lowest BCUT2D eigenvalue weighted by molar-refractivity contribution is 0.181. The molecule has 0 saturated carbocycles. The summed E-state index contributed by atoms with van der Waals surface area (Å²) in [7, 11) is 0. The molecule has 1 aliphatic heterocycles. The predicted molar refractivity (Wildman–Crippen MR) is 81.2 cm³/mol. The van der Waals surface area contributed by atoms with Gasteiger partial charge in [-0.2, -0.15) is 11.8 Å². The van der Waals surface area contributed by atoms with Crippen molar-refractivity contribution in [1.29, 1.82) is 0 Å². The average Bonchev–Trinajstić information content (AvgIpc) is 2.85. The van der Waals surface area contributed by atoms with E-state index in [1.807, 2.05) is 36.0 Å². The lowest BCUT2D eigenvalue weighted by Crippen LogP contribution is -2.23. The van der Waals surface area contributed by atoms with Crippen molar-refractivity contribution in [3.05, 3.63) is 24.3 Å². The second kappa shape index (κ2) is 7.28. The number of hydrogen-bond donors (Lipinski definition) is 1. The lowest BCUT2D eigenvalue weighted by atomic mass is 10.2. The van der Waals surface area contributed by atoms with Gasteiger partial charge in [0.15, 0.2) is 0 Å². The SMILES string of the molecule is CSCCCCNc1cccc(N2CCOC2=O)c1. The molecule has 4 nitrogen and oxygen atoms in total. The number of nitrogens with one attached hydrogen (secondary N) is 1. The van der Waals surface area contributed by atoms with Gasteiger partial charge in [-0.05, 0) is 43.0 Å². The van der Waals surface area contributed by atoms with E-state index >= 15 is 0 Å². The fourth-order valence-corrected chi connectivity index (χ4v) is 2.51. The number of carbonyl (C=O) groups is 1. The van der Waals surface area contributed by atoms with Crippen LogP contribution in [0, 0.1) is 0 Å². The highest BCUT2D eigenvalue weighted by molar-refractivity contribution is 7.98. The number of nitrogens with zero attached hydrogens (tertiary/aromatic N) is 1. The molecule has 0 spiro atoms. The monoisotopic (exact) mass is 280 g/mol. The van der Waals surface area contributed by atoms with Gasteiger partial charge < -0.3 is 10.1 Å². The van der Waals surface area contributed by atoms with E-state index in [4.69, 9.17) is 4.74 Å². The maximum Gasteiger partial charge on any atom is 0.414 e. The summed E-state index contributed by atoms with van der Waals surface area (Å²) in [6.07, 6.45) is 4.27. The third kappa shape index (κ3) is 4.06. The summed E-state index contributed by atoms with van der Waals surface area (Å²) < 4.78 is 4.95. The third-order valence-corrected chi connectivity index (χ3v) is 3.72. The predicted octanol–water partition coefficient (Wildman–Crippen LogP) is 3.20. The summed E-state index contributed by atoms with van der Waals surface area (Å²) in [4.78, 5) is 13.2. The molecule has 1 aromatic carbocycles. The largest absolute Gasteiger partial charge is 0.447 e. The summed E-state index contributed by atoms with van der Waals surface area (Å²) in [5.41, 5.74) is 1.96. The van der Waals surface area contributed by atoms with E-state index in [-0.39, 0.29) is 6.09 Å². The first-order chi connectivity index (χ1) is 9.31. The van der Waals surface area contributed by atoms with Crippen molar-refractivity contribution in [2.75, 3.05) is 41.9 Å². The molecule has 5 heteroatoms. The molecule has 1 fully saturated rings. The molecular formula is C14H20N2O2S. The molecule has 0 aliphatic carbocycles. The van der Waals surface area contributed by atoms with Gasteiger partial charge in [0, 0.05) is 17.9 Å². The van der Waals surface area contributed by atoms with Crippen molar-refractivity contribution < 1.29 is 9.53 Å². The van der Waals surface area contributed by atoms with Crippen LogP contribution in [0.15, 0.2) is 24.3 Å². The van der Waals surface area contributed by atoms with Crippen molar-refractivity contribution in [1.82, 2.24) is 0 Å². The number of anilines is 2. The summed E-state index contributed by atoms with van der Waals surface area (Å²) in [5, 5.41) is 3.39. The molecule has 0 atom stereocenters. The smallest absolute Gasteiger partial charge is 0.414 e. The number of carbonyl (C=O) groups excluding carboxylic acids is 1. The minimum absolute atomic E-state index is 0.253. The number of cyclic esters (lactones) is 1. The van der Waals surface area contributed by atoms with E-state index < -0.39 is 0 Å². The summed E-state index contributed by atoms with van der Waals surface area (Å²) >= 11 is 1.88. The summed E-state index contributed by atoms with van der Waals surface area (Å²) in [6.45, 7) is 2.08. The fraction of sp³-hybridized carbons (Fsp3) is 0.500. The fourth-order valence-electron chi connectivity index (χ4n) is 2.02. The molecule has 1 saturated heterocycles. The minimum Gasteiger partial charge on any atom is -0.447 e. The summed E-state index contributed by atoms with van der Waals surface area (Å²) in [6, 6.07) is 7.93. The molecule has 2 rings (SSSR count). The maximum atomic E-state index is 11.5. The van der Waals surface area contributed by atoms with Crippen LogP contribution in [0.25, 0.3) is 0 Å². The molecule has 1 aromatic rings. The topological polar surface area (TPSA) is 41.6 Å². The number of benzene rings is 1. The van der Waals surface area contributed by atoms with Gasteiger partial charge in [0.1, 0.15) is 6.61 Å². The van der Waals surface area contributed by atoms with Gasteiger partial charge in [-0.1, -0.05) is 6.07 Å². The Morgan fingerprint density at radius 1 is 1.42 bits per heavy atom. The van der Waals surface area contributed by atoms with Crippen LogP contribution >= 0.6 is 11.8 Å².